The average Bonchev–Trinajstić information content (AvgIpc) is 3.27. The Labute approximate surface area is 201 Å². The molecule has 2 heteroatoms. The monoisotopic (exact) mass is 458 g/mol. The maximum atomic E-state index is 7.48. The summed E-state index contributed by atoms with van der Waals surface area (Å²) in [4.78, 5) is 0. The van der Waals surface area contributed by atoms with Gasteiger partial charge >= 0.3 is 0 Å². The van der Waals surface area contributed by atoms with Crippen molar-refractivity contribution in [1.29, 1.82) is 0 Å². The predicted octanol–water partition coefficient (Wildman–Crippen LogP) is 9.39. The summed E-state index contributed by atoms with van der Waals surface area (Å²) in [5.41, 5.74) is 1.34. The molecule has 4 aliphatic rings. The van der Waals surface area contributed by atoms with Crippen molar-refractivity contribution in [3.8, 4) is 0 Å². The molecule has 4 fully saturated rings. The molecule has 0 amide bonds. The molecule has 32 heavy (non-hydrogen) atoms. The predicted molar refractivity (Wildman–Crippen MR) is 141 cm³/mol. The number of hydrogen-bond acceptors (Lipinski definition) is 1. The van der Waals surface area contributed by atoms with Gasteiger partial charge in [0.2, 0.25) is 8.32 Å². The summed E-state index contributed by atoms with van der Waals surface area (Å²) in [5.74, 6) is 6.85. The fourth-order valence-electron chi connectivity index (χ4n) is 9.39. The lowest BCUT2D eigenvalue weighted by atomic mass is 9.73. The van der Waals surface area contributed by atoms with E-state index in [0.29, 0.717) is 17.2 Å². The van der Waals surface area contributed by atoms with Crippen LogP contribution in [0.5, 0.6) is 0 Å². The molecule has 0 spiro atoms. The molecule has 4 saturated carbocycles. The van der Waals surface area contributed by atoms with Crippen LogP contribution in [-0.2, 0) is 4.43 Å². The second-order valence-corrected chi connectivity index (χ2v) is 18.0. The van der Waals surface area contributed by atoms with E-state index < -0.39 is 8.32 Å². The van der Waals surface area contributed by atoms with Crippen molar-refractivity contribution >= 4 is 8.32 Å². The topological polar surface area (TPSA) is 9.23 Å². The van der Waals surface area contributed by atoms with Gasteiger partial charge in [0.25, 0.3) is 0 Å². The Morgan fingerprint density at radius 1 is 0.812 bits per heavy atom. The van der Waals surface area contributed by atoms with E-state index in [0.717, 1.165) is 47.5 Å². The highest BCUT2D eigenvalue weighted by Gasteiger charge is 2.50. The van der Waals surface area contributed by atoms with Gasteiger partial charge in [-0.15, -0.1) is 6.58 Å². The lowest BCUT2D eigenvalue weighted by Gasteiger charge is -2.42. The zero-order chi connectivity index (χ0) is 22.9. The van der Waals surface area contributed by atoms with Crippen molar-refractivity contribution in [1.82, 2.24) is 0 Å². The van der Waals surface area contributed by atoms with Crippen LogP contribution < -0.4 is 0 Å². The van der Waals surface area contributed by atoms with Gasteiger partial charge in [-0.3, -0.25) is 0 Å². The molecule has 0 radical (unpaired) electrons. The number of allylic oxidation sites excluding steroid dienone is 1. The molecule has 0 aromatic heterocycles. The lowest BCUT2D eigenvalue weighted by Crippen LogP contribution is -2.48. The first-order chi connectivity index (χ1) is 15.4. The molecule has 8 atom stereocenters. The van der Waals surface area contributed by atoms with E-state index in [1.54, 1.807) is 0 Å². The van der Waals surface area contributed by atoms with Crippen LogP contribution >= 0.6 is 0 Å². The molecule has 0 N–H and O–H groups in total. The summed E-state index contributed by atoms with van der Waals surface area (Å²) >= 11 is 0. The Bertz CT molecular complexity index is 604. The molecular formula is C30H54OSi. The Hall–Kier alpha value is -0.0831. The first-order valence-electron chi connectivity index (χ1n) is 14.7. The van der Waals surface area contributed by atoms with Crippen molar-refractivity contribution in [3.05, 3.63) is 12.7 Å². The van der Waals surface area contributed by atoms with Gasteiger partial charge in [0.1, 0.15) is 0 Å². The SMILES string of the molecule is C=CC[Si](OC1CC2CCCCC2C1CCC1C(C)CC2CCCCC21)(C(C)C)C(C)C. The van der Waals surface area contributed by atoms with Crippen molar-refractivity contribution < 1.29 is 4.43 Å². The van der Waals surface area contributed by atoms with Gasteiger partial charge in [-0.2, -0.15) is 0 Å². The molecule has 8 unspecified atom stereocenters. The van der Waals surface area contributed by atoms with E-state index in [1.807, 2.05) is 0 Å². The summed E-state index contributed by atoms with van der Waals surface area (Å²) in [7, 11) is -1.84. The Morgan fingerprint density at radius 2 is 1.34 bits per heavy atom. The van der Waals surface area contributed by atoms with Crippen LogP contribution in [0.25, 0.3) is 0 Å². The maximum absolute atomic E-state index is 7.48. The standard InChI is InChI=1S/C30H54OSi/c1-7-18-32(21(2)3,22(4)5)31-30-20-25-13-9-11-15-28(25)29(30)17-16-26-23(6)19-24-12-8-10-14-27(24)26/h7,21-30H,1,8-20H2,2-6H3. The fourth-order valence-corrected chi connectivity index (χ4v) is 13.6. The Balaban J connectivity index is 1.50. The highest BCUT2D eigenvalue weighted by Crippen LogP contribution is 2.55. The Kier molecular flexibility index (Phi) is 8.35. The maximum Gasteiger partial charge on any atom is 0.201 e. The van der Waals surface area contributed by atoms with E-state index in [2.05, 4.69) is 47.3 Å². The summed E-state index contributed by atoms with van der Waals surface area (Å²) < 4.78 is 7.48. The van der Waals surface area contributed by atoms with Gasteiger partial charge in [-0.05, 0) is 97.1 Å². The molecule has 0 aromatic rings. The van der Waals surface area contributed by atoms with Crippen LogP contribution in [0.3, 0.4) is 0 Å². The summed E-state index contributed by atoms with van der Waals surface area (Å²) in [6, 6.07) is 1.13. The van der Waals surface area contributed by atoms with Gasteiger partial charge in [-0.25, -0.2) is 0 Å². The molecule has 4 aliphatic carbocycles. The minimum absolute atomic E-state index is 0.540. The third-order valence-electron chi connectivity index (χ3n) is 11.1. The van der Waals surface area contributed by atoms with E-state index in [9.17, 15) is 0 Å². The number of hydrogen-bond donors (Lipinski definition) is 0. The van der Waals surface area contributed by atoms with Crippen molar-refractivity contribution in [2.75, 3.05) is 0 Å². The largest absolute Gasteiger partial charge is 0.413 e. The molecule has 1 nitrogen and oxygen atoms in total. The molecule has 0 saturated heterocycles. The third-order valence-corrected chi connectivity index (χ3v) is 16.7. The summed E-state index contributed by atoms with van der Waals surface area (Å²) in [5, 5.41) is 0. The second kappa shape index (κ2) is 10.7. The molecule has 0 aliphatic heterocycles. The molecule has 0 aromatic carbocycles. The van der Waals surface area contributed by atoms with Crippen LogP contribution in [0, 0.1) is 41.4 Å². The van der Waals surface area contributed by atoms with Crippen molar-refractivity contribution in [2.45, 2.75) is 135 Å². The molecule has 0 heterocycles. The van der Waals surface area contributed by atoms with Crippen molar-refractivity contribution in [3.63, 3.8) is 0 Å². The van der Waals surface area contributed by atoms with Crippen LogP contribution in [0.2, 0.25) is 17.1 Å². The highest BCUT2D eigenvalue weighted by atomic mass is 28.4. The van der Waals surface area contributed by atoms with Crippen LogP contribution in [0.4, 0.5) is 0 Å². The van der Waals surface area contributed by atoms with Gasteiger partial charge in [-0.1, -0.05) is 79.2 Å². The minimum atomic E-state index is -1.84. The van der Waals surface area contributed by atoms with Gasteiger partial charge in [0, 0.05) is 6.10 Å². The second-order valence-electron chi connectivity index (χ2n) is 13.2. The quantitative estimate of drug-likeness (QED) is 0.247. The summed E-state index contributed by atoms with van der Waals surface area (Å²) in [6.07, 6.45) is 20.6. The first-order valence-corrected chi connectivity index (χ1v) is 16.9. The van der Waals surface area contributed by atoms with Crippen LogP contribution in [0.1, 0.15) is 112 Å². The molecule has 184 valence electrons. The first kappa shape index (κ1) is 25.0. The molecule has 0 bridgehead atoms. The van der Waals surface area contributed by atoms with E-state index >= 15 is 0 Å². The number of rotatable bonds is 9. The van der Waals surface area contributed by atoms with Crippen LogP contribution in [-0.4, -0.2) is 14.4 Å². The minimum Gasteiger partial charge on any atom is -0.413 e. The van der Waals surface area contributed by atoms with E-state index in [4.69, 9.17) is 4.43 Å². The zero-order valence-electron chi connectivity index (χ0n) is 22.2. The van der Waals surface area contributed by atoms with Gasteiger partial charge in [0.05, 0.1) is 0 Å². The van der Waals surface area contributed by atoms with E-state index in [-0.39, 0.29) is 0 Å². The molecular weight excluding hydrogens is 404 g/mol. The number of fused-ring (bicyclic) bond motifs is 2. The van der Waals surface area contributed by atoms with Gasteiger partial charge < -0.3 is 4.43 Å². The Morgan fingerprint density at radius 3 is 1.94 bits per heavy atom. The van der Waals surface area contributed by atoms with E-state index in [1.165, 1.54) is 77.0 Å². The van der Waals surface area contributed by atoms with Crippen LogP contribution in [0.15, 0.2) is 12.7 Å². The third kappa shape index (κ3) is 4.84. The van der Waals surface area contributed by atoms with Crippen molar-refractivity contribution in [2.24, 2.45) is 41.4 Å². The smallest absolute Gasteiger partial charge is 0.201 e. The van der Waals surface area contributed by atoms with Gasteiger partial charge in [0.15, 0.2) is 0 Å². The fraction of sp³-hybridized carbons (Fsp3) is 0.933. The highest BCUT2D eigenvalue weighted by molar-refractivity contribution is 6.76. The average molecular weight is 459 g/mol. The normalized spacial score (nSPS) is 40.0. The molecule has 4 rings (SSSR count). The lowest BCUT2D eigenvalue weighted by molar-refractivity contribution is 0.101. The zero-order valence-corrected chi connectivity index (χ0v) is 23.2. The summed E-state index contributed by atoms with van der Waals surface area (Å²) in [6.45, 7) is 16.5.